The molecule has 1 unspecified atom stereocenters. The van der Waals surface area contributed by atoms with Gasteiger partial charge in [-0.25, -0.2) is 4.98 Å². The molecule has 1 aliphatic carbocycles. The average molecular weight is 345 g/mol. The third-order valence-corrected chi connectivity index (χ3v) is 5.22. The summed E-state index contributed by atoms with van der Waals surface area (Å²) in [6, 6.07) is 0.0355. The van der Waals surface area contributed by atoms with Crippen LogP contribution in [0, 0.1) is 5.92 Å². The molecule has 2 amide bonds. The first-order chi connectivity index (χ1) is 12.1. The van der Waals surface area contributed by atoms with Gasteiger partial charge in [-0.1, -0.05) is 25.8 Å². The number of hydrogen-bond donors (Lipinski definition) is 1. The van der Waals surface area contributed by atoms with Crippen LogP contribution in [0.5, 0.6) is 0 Å². The molecule has 1 saturated heterocycles. The summed E-state index contributed by atoms with van der Waals surface area (Å²) in [6.07, 6.45) is 9.55. The predicted octanol–water partition coefficient (Wildman–Crippen LogP) is 2.88. The Bertz CT molecular complexity index is 628. The van der Waals surface area contributed by atoms with Gasteiger partial charge in [0.1, 0.15) is 6.26 Å². The summed E-state index contributed by atoms with van der Waals surface area (Å²) in [6.45, 7) is 6.95. The van der Waals surface area contributed by atoms with E-state index in [0.29, 0.717) is 23.4 Å². The lowest BCUT2D eigenvalue weighted by Crippen LogP contribution is -2.51. The van der Waals surface area contributed by atoms with Crippen molar-refractivity contribution in [3.05, 3.63) is 30.5 Å². The van der Waals surface area contributed by atoms with Gasteiger partial charge in [0.2, 0.25) is 5.91 Å². The standard InChI is InChI=1S/C19H27N3O3/c1-3-17(23)22-10-14(11-22)9-13(2)20-18(24)16-12-25-19(21-16)15-7-5-4-6-8-15/h3,12-15H,1,4-11H2,2H3,(H,20,24). The summed E-state index contributed by atoms with van der Waals surface area (Å²) < 4.78 is 5.55. The minimum absolute atomic E-state index is 0.0224. The van der Waals surface area contributed by atoms with E-state index >= 15 is 0 Å². The van der Waals surface area contributed by atoms with Gasteiger partial charge in [0.05, 0.1) is 0 Å². The Morgan fingerprint density at radius 1 is 1.40 bits per heavy atom. The second-order valence-corrected chi connectivity index (χ2v) is 7.33. The molecule has 1 aliphatic heterocycles. The third kappa shape index (κ3) is 4.30. The molecule has 6 nitrogen and oxygen atoms in total. The van der Waals surface area contributed by atoms with Crippen molar-refractivity contribution in [2.75, 3.05) is 13.1 Å². The number of carbonyl (C=O) groups excluding carboxylic acids is 2. The van der Waals surface area contributed by atoms with Crippen LogP contribution in [-0.2, 0) is 4.79 Å². The maximum absolute atomic E-state index is 12.3. The molecule has 3 rings (SSSR count). The smallest absolute Gasteiger partial charge is 0.273 e. The Kier molecular flexibility index (Phi) is 5.56. The molecule has 1 saturated carbocycles. The summed E-state index contributed by atoms with van der Waals surface area (Å²) >= 11 is 0. The highest BCUT2D eigenvalue weighted by atomic mass is 16.3. The van der Waals surface area contributed by atoms with Gasteiger partial charge in [-0.05, 0) is 38.2 Å². The summed E-state index contributed by atoms with van der Waals surface area (Å²) in [7, 11) is 0. The molecule has 1 aromatic rings. The van der Waals surface area contributed by atoms with Crippen molar-refractivity contribution in [1.29, 1.82) is 0 Å². The van der Waals surface area contributed by atoms with Crippen molar-refractivity contribution in [2.45, 2.75) is 57.4 Å². The molecule has 2 aliphatic rings. The fourth-order valence-corrected chi connectivity index (χ4v) is 3.81. The third-order valence-electron chi connectivity index (χ3n) is 5.22. The first kappa shape index (κ1) is 17.7. The van der Waals surface area contributed by atoms with Crippen LogP contribution in [0.2, 0.25) is 0 Å². The molecule has 2 heterocycles. The Hall–Kier alpha value is -2.11. The molecule has 25 heavy (non-hydrogen) atoms. The van der Waals surface area contributed by atoms with Crippen LogP contribution in [0.4, 0.5) is 0 Å². The van der Waals surface area contributed by atoms with Gasteiger partial charge in [0.15, 0.2) is 11.6 Å². The monoisotopic (exact) mass is 345 g/mol. The van der Waals surface area contributed by atoms with Crippen LogP contribution < -0.4 is 5.32 Å². The lowest BCUT2D eigenvalue weighted by molar-refractivity contribution is -0.132. The van der Waals surface area contributed by atoms with E-state index < -0.39 is 0 Å². The minimum atomic E-state index is -0.184. The van der Waals surface area contributed by atoms with Crippen LogP contribution >= 0.6 is 0 Å². The summed E-state index contributed by atoms with van der Waals surface area (Å²) in [5, 5.41) is 2.98. The molecule has 0 radical (unpaired) electrons. The number of nitrogens with one attached hydrogen (secondary N) is 1. The Labute approximate surface area is 148 Å². The van der Waals surface area contributed by atoms with Gasteiger partial charge in [-0.2, -0.15) is 0 Å². The minimum Gasteiger partial charge on any atom is -0.448 e. The molecule has 136 valence electrons. The predicted molar refractivity (Wildman–Crippen MR) is 94.1 cm³/mol. The summed E-state index contributed by atoms with van der Waals surface area (Å²) in [4.78, 5) is 30.0. The second-order valence-electron chi connectivity index (χ2n) is 7.33. The Morgan fingerprint density at radius 3 is 2.80 bits per heavy atom. The highest BCUT2D eigenvalue weighted by Crippen LogP contribution is 2.32. The molecule has 6 heteroatoms. The normalized spacial score (nSPS) is 20.0. The molecular weight excluding hydrogens is 318 g/mol. The van der Waals surface area contributed by atoms with Crippen molar-refractivity contribution >= 4 is 11.8 Å². The number of amides is 2. The van der Waals surface area contributed by atoms with Crippen LogP contribution in [0.15, 0.2) is 23.3 Å². The number of carbonyl (C=O) groups is 2. The second kappa shape index (κ2) is 7.85. The first-order valence-electron chi connectivity index (χ1n) is 9.24. The lowest BCUT2D eigenvalue weighted by Gasteiger charge is -2.39. The summed E-state index contributed by atoms with van der Waals surface area (Å²) in [5.41, 5.74) is 0.365. The van der Waals surface area contributed by atoms with Crippen molar-refractivity contribution in [3.8, 4) is 0 Å². The molecule has 0 aromatic carbocycles. The van der Waals surface area contributed by atoms with Crippen LogP contribution in [0.3, 0.4) is 0 Å². The number of hydrogen-bond acceptors (Lipinski definition) is 4. The zero-order valence-corrected chi connectivity index (χ0v) is 14.9. The Balaban J connectivity index is 1.45. The highest BCUT2D eigenvalue weighted by Gasteiger charge is 2.31. The topological polar surface area (TPSA) is 75.4 Å². The first-order valence-corrected chi connectivity index (χ1v) is 9.24. The zero-order valence-electron chi connectivity index (χ0n) is 14.9. The van der Waals surface area contributed by atoms with E-state index in [1.165, 1.54) is 31.6 Å². The maximum Gasteiger partial charge on any atom is 0.273 e. The number of oxazole rings is 1. The summed E-state index contributed by atoms with van der Waals surface area (Å²) in [5.74, 6) is 1.28. The average Bonchev–Trinajstić information content (AvgIpc) is 3.08. The van der Waals surface area contributed by atoms with E-state index in [-0.39, 0.29) is 17.9 Å². The lowest BCUT2D eigenvalue weighted by atomic mass is 9.89. The zero-order chi connectivity index (χ0) is 17.8. The van der Waals surface area contributed by atoms with Gasteiger partial charge in [-0.15, -0.1) is 0 Å². The molecule has 1 atom stereocenters. The van der Waals surface area contributed by atoms with Crippen molar-refractivity contribution in [1.82, 2.24) is 15.2 Å². The van der Waals surface area contributed by atoms with E-state index in [1.807, 2.05) is 6.92 Å². The van der Waals surface area contributed by atoms with E-state index in [4.69, 9.17) is 4.42 Å². The van der Waals surface area contributed by atoms with E-state index in [2.05, 4.69) is 16.9 Å². The quantitative estimate of drug-likeness (QED) is 0.805. The fraction of sp³-hybridized carbons (Fsp3) is 0.632. The largest absolute Gasteiger partial charge is 0.448 e. The van der Waals surface area contributed by atoms with Gasteiger partial charge in [-0.3, -0.25) is 9.59 Å². The molecule has 1 aromatic heterocycles. The van der Waals surface area contributed by atoms with Gasteiger partial charge >= 0.3 is 0 Å². The number of nitrogens with zero attached hydrogens (tertiary/aromatic N) is 2. The van der Waals surface area contributed by atoms with E-state index in [9.17, 15) is 9.59 Å². The fourth-order valence-electron chi connectivity index (χ4n) is 3.81. The molecule has 0 bridgehead atoms. The van der Waals surface area contributed by atoms with Gasteiger partial charge in [0.25, 0.3) is 5.91 Å². The molecule has 1 N–H and O–H groups in total. The Morgan fingerprint density at radius 2 is 2.12 bits per heavy atom. The number of likely N-dealkylation sites (tertiary alicyclic amines) is 1. The SMILES string of the molecule is C=CC(=O)N1CC(CC(C)NC(=O)c2coc(C3CCCCC3)n2)C1. The van der Waals surface area contributed by atoms with Crippen LogP contribution in [0.25, 0.3) is 0 Å². The van der Waals surface area contributed by atoms with Crippen LogP contribution in [0.1, 0.15) is 67.7 Å². The molecule has 2 fully saturated rings. The van der Waals surface area contributed by atoms with E-state index in [0.717, 1.165) is 32.4 Å². The van der Waals surface area contributed by atoms with Crippen molar-refractivity contribution < 1.29 is 14.0 Å². The number of rotatable bonds is 6. The van der Waals surface area contributed by atoms with Crippen LogP contribution in [-0.4, -0.2) is 40.8 Å². The van der Waals surface area contributed by atoms with E-state index in [1.54, 1.807) is 4.90 Å². The van der Waals surface area contributed by atoms with Crippen molar-refractivity contribution in [2.24, 2.45) is 5.92 Å². The van der Waals surface area contributed by atoms with Gasteiger partial charge in [0, 0.05) is 25.0 Å². The molecular formula is C19H27N3O3. The maximum atomic E-state index is 12.3. The number of aromatic nitrogens is 1. The van der Waals surface area contributed by atoms with Gasteiger partial charge < -0.3 is 14.6 Å². The molecule has 0 spiro atoms. The van der Waals surface area contributed by atoms with Crippen molar-refractivity contribution in [3.63, 3.8) is 0 Å². The highest BCUT2D eigenvalue weighted by molar-refractivity contribution is 5.92.